The molecule has 1 aromatic heterocycles. The molecular weight excluding hydrogens is 470 g/mol. The van der Waals surface area contributed by atoms with Gasteiger partial charge in [0.25, 0.3) is 15.9 Å². The Morgan fingerprint density at radius 3 is 2.65 bits per heavy atom. The average Bonchev–Trinajstić information content (AvgIpc) is 3.61. The van der Waals surface area contributed by atoms with Crippen molar-refractivity contribution in [3.63, 3.8) is 0 Å². The number of nitrogens with zero attached hydrogens (tertiary/aromatic N) is 1. The van der Waals surface area contributed by atoms with Gasteiger partial charge in [-0.1, -0.05) is 12.5 Å². The van der Waals surface area contributed by atoms with Crippen LogP contribution in [0.2, 0.25) is 0 Å². The molecule has 1 amide bonds. The molecule has 5 rings (SSSR count). The fraction of sp³-hybridized carbons (Fsp3) is 0.560. The number of ether oxygens (including phenoxy) is 1. The highest BCUT2D eigenvalue weighted by Gasteiger charge is 2.40. The quantitative estimate of drug-likeness (QED) is 0.575. The first-order valence-electron chi connectivity index (χ1n) is 12.2. The highest BCUT2D eigenvalue weighted by Crippen LogP contribution is 2.44. The number of sulfonamides is 1. The molecule has 0 radical (unpaired) electrons. The maximum absolute atomic E-state index is 13.2. The minimum atomic E-state index is -3.51. The molecule has 1 aromatic carbocycles. The van der Waals surface area contributed by atoms with E-state index in [2.05, 4.69) is 10.6 Å². The van der Waals surface area contributed by atoms with Crippen molar-refractivity contribution < 1.29 is 17.9 Å². The van der Waals surface area contributed by atoms with Crippen molar-refractivity contribution in [2.75, 3.05) is 20.2 Å². The summed E-state index contributed by atoms with van der Waals surface area (Å²) in [7, 11) is -1.95. The van der Waals surface area contributed by atoms with Gasteiger partial charge in [0.1, 0.15) is 9.96 Å². The Hall–Kier alpha value is -1.94. The van der Waals surface area contributed by atoms with Gasteiger partial charge in [-0.3, -0.25) is 4.79 Å². The second kappa shape index (κ2) is 9.97. The average molecular weight is 504 g/mol. The minimum Gasteiger partial charge on any atom is -0.497 e. The molecule has 2 N–H and O–H groups in total. The van der Waals surface area contributed by atoms with E-state index < -0.39 is 10.0 Å². The zero-order valence-electron chi connectivity index (χ0n) is 19.5. The van der Waals surface area contributed by atoms with E-state index in [1.807, 2.05) is 0 Å². The van der Waals surface area contributed by atoms with E-state index in [0.29, 0.717) is 40.7 Å². The summed E-state index contributed by atoms with van der Waals surface area (Å²) in [6.07, 6.45) is 7.16. The molecule has 0 unspecified atom stereocenters. The summed E-state index contributed by atoms with van der Waals surface area (Å²) in [5.74, 6) is 2.14. The molecule has 2 heterocycles. The topological polar surface area (TPSA) is 87.7 Å². The number of benzene rings is 1. The Labute approximate surface area is 205 Å². The van der Waals surface area contributed by atoms with Crippen molar-refractivity contribution in [3.8, 4) is 5.75 Å². The zero-order valence-corrected chi connectivity index (χ0v) is 21.2. The lowest BCUT2D eigenvalue weighted by Gasteiger charge is -2.35. The van der Waals surface area contributed by atoms with Crippen molar-refractivity contribution in [1.29, 1.82) is 0 Å². The molecule has 7 nitrogen and oxygen atoms in total. The SMILES string of the molecule is COc1cccc(C(=O)NCc2ccc(S(=O)(=O)N3CCC(N[C@@H]4C[C@@H]5CC[C@@H]4C5)CC3)s2)c1. The Kier molecular flexibility index (Phi) is 6.97. The second-order valence-electron chi connectivity index (χ2n) is 9.76. The third kappa shape index (κ3) is 5.03. The van der Waals surface area contributed by atoms with E-state index >= 15 is 0 Å². The van der Waals surface area contributed by atoms with Crippen molar-refractivity contribution in [2.24, 2.45) is 11.8 Å². The van der Waals surface area contributed by atoms with Crippen LogP contribution in [0.25, 0.3) is 0 Å². The molecule has 2 aromatic rings. The van der Waals surface area contributed by atoms with E-state index in [-0.39, 0.29) is 12.5 Å². The summed E-state index contributed by atoms with van der Waals surface area (Å²) in [6, 6.07) is 11.4. The summed E-state index contributed by atoms with van der Waals surface area (Å²) in [5.41, 5.74) is 0.505. The molecule has 3 fully saturated rings. The molecule has 2 aliphatic carbocycles. The molecule has 2 bridgehead atoms. The second-order valence-corrected chi connectivity index (χ2v) is 13.1. The largest absolute Gasteiger partial charge is 0.497 e. The molecule has 1 saturated heterocycles. The first kappa shape index (κ1) is 23.8. The third-order valence-electron chi connectivity index (χ3n) is 7.63. The van der Waals surface area contributed by atoms with Crippen LogP contribution in [-0.2, 0) is 16.6 Å². The number of piperidine rings is 1. The van der Waals surface area contributed by atoms with Crippen LogP contribution in [0, 0.1) is 11.8 Å². The van der Waals surface area contributed by atoms with Gasteiger partial charge in [-0.05, 0) is 74.3 Å². The summed E-state index contributed by atoms with van der Waals surface area (Å²) in [6.45, 7) is 1.40. The first-order chi connectivity index (χ1) is 16.4. The molecule has 184 valence electrons. The van der Waals surface area contributed by atoms with Gasteiger partial charge in [-0.2, -0.15) is 4.31 Å². The summed E-state index contributed by atoms with van der Waals surface area (Å²) in [5, 5.41) is 6.71. The van der Waals surface area contributed by atoms with Gasteiger partial charge in [-0.15, -0.1) is 11.3 Å². The third-order valence-corrected chi connectivity index (χ3v) is 11.1. The number of rotatable bonds is 8. The van der Waals surface area contributed by atoms with Crippen LogP contribution in [0.5, 0.6) is 5.75 Å². The number of hydrogen-bond donors (Lipinski definition) is 2. The van der Waals surface area contributed by atoms with Crippen LogP contribution in [0.15, 0.2) is 40.6 Å². The van der Waals surface area contributed by atoms with Gasteiger partial charge >= 0.3 is 0 Å². The monoisotopic (exact) mass is 503 g/mol. The van der Waals surface area contributed by atoms with Crippen LogP contribution in [-0.4, -0.2) is 50.9 Å². The molecule has 3 atom stereocenters. The van der Waals surface area contributed by atoms with Crippen molar-refractivity contribution in [3.05, 3.63) is 46.8 Å². The molecule has 9 heteroatoms. The molecular formula is C25H33N3O4S2. The Balaban J connectivity index is 1.13. The lowest BCUT2D eigenvalue weighted by Crippen LogP contribution is -2.48. The molecule has 0 spiro atoms. The van der Waals surface area contributed by atoms with E-state index in [1.54, 1.807) is 47.8 Å². The van der Waals surface area contributed by atoms with E-state index in [1.165, 1.54) is 37.0 Å². The van der Waals surface area contributed by atoms with Gasteiger partial charge in [0.15, 0.2) is 0 Å². The van der Waals surface area contributed by atoms with Crippen LogP contribution in [0.1, 0.15) is 53.8 Å². The smallest absolute Gasteiger partial charge is 0.252 e. The van der Waals surface area contributed by atoms with Gasteiger partial charge < -0.3 is 15.4 Å². The van der Waals surface area contributed by atoms with Gasteiger partial charge in [0.05, 0.1) is 13.7 Å². The highest BCUT2D eigenvalue weighted by atomic mass is 32.2. The number of thiophene rings is 1. The lowest BCUT2D eigenvalue weighted by atomic mass is 9.93. The Morgan fingerprint density at radius 1 is 1.12 bits per heavy atom. The van der Waals surface area contributed by atoms with Crippen molar-refractivity contribution >= 4 is 27.3 Å². The normalized spacial score (nSPS) is 25.5. The number of amides is 1. The van der Waals surface area contributed by atoms with Crippen LogP contribution < -0.4 is 15.4 Å². The predicted molar refractivity (Wildman–Crippen MR) is 133 cm³/mol. The van der Waals surface area contributed by atoms with Gasteiger partial charge in [-0.25, -0.2) is 8.42 Å². The number of carbonyl (C=O) groups excluding carboxylic acids is 1. The van der Waals surface area contributed by atoms with E-state index in [0.717, 1.165) is 29.6 Å². The van der Waals surface area contributed by atoms with E-state index in [4.69, 9.17) is 4.74 Å². The maximum atomic E-state index is 13.2. The predicted octanol–water partition coefficient (Wildman–Crippen LogP) is 3.62. The van der Waals surface area contributed by atoms with Crippen molar-refractivity contribution in [2.45, 2.75) is 61.4 Å². The fourth-order valence-corrected chi connectivity index (χ4v) is 8.69. The molecule has 2 saturated carbocycles. The molecule has 3 aliphatic rings. The summed E-state index contributed by atoms with van der Waals surface area (Å²) < 4.78 is 33.5. The number of nitrogens with one attached hydrogen (secondary N) is 2. The summed E-state index contributed by atoms with van der Waals surface area (Å²) >= 11 is 1.23. The summed E-state index contributed by atoms with van der Waals surface area (Å²) in [4.78, 5) is 13.2. The molecule has 34 heavy (non-hydrogen) atoms. The molecule has 1 aliphatic heterocycles. The highest BCUT2D eigenvalue weighted by molar-refractivity contribution is 7.91. The standard InChI is InChI=1S/C25H33N3O4S2/c1-32-21-4-2-3-19(15-21)25(29)26-16-22-7-8-24(33-22)34(30,31)28-11-9-20(10-12-28)27-23-14-17-5-6-18(23)13-17/h2-4,7-8,15,17-18,20,23,27H,5-6,9-14,16H2,1H3,(H,26,29)/t17-,18-,23-/m1/s1. The number of carbonyl (C=O) groups is 1. The van der Waals surface area contributed by atoms with Crippen LogP contribution in [0.3, 0.4) is 0 Å². The lowest BCUT2D eigenvalue weighted by molar-refractivity contribution is 0.0951. The van der Waals surface area contributed by atoms with Gasteiger partial charge in [0.2, 0.25) is 0 Å². The fourth-order valence-electron chi connectivity index (χ4n) is 5.77. The minimum absolute atomic E-state index is 0.221. The van der Waals surface area contributed by atoms with Crippen LogP contribution >= 0.6 is 11.3 Å². The van der Waals surface area contributed by atoms with Gasteiger partial charge in [0, 0.05) is 35.6 Å². The zero-order chi connectivity index (χ0) is 23.7. The Morgan fingerprint density at radius 2 is 1.94 bits per heavy atom. The van der Waals surface area contributed by atoms with E-state index in [9.17, 15) is 13.2 Å². The maximum Gasteiger partial charge on any atom is 0.252 e. The number of fused-ring (bicyclic) bond motifs is 2. The Bertz CT molecular complexity index is 1120. The first-order valence-corrected chi connectivity index (χ1v) is 14.4. The number of hydrogen-bond acceptors (Lipinski definition) is 6. The van der Waals surface area contributed by atoms with Crippen molar-refractivity contribution in [1.82, 2.24) is 14.9 Å². The number of methoxy groups -OCH3 is 1. The van der Waals surface area contributed by atoms with Crippen LogP contribution in [0.4, 0.5) is 0 Å².